The molecule has 1 saturated heterocycles. The van der Waals surface area contributed by atoms with Gasteiger partial charge < -0.3 is 50.7 Å². The highest BCUT2D eigenvalue weighted by atomic mass is 16.7. The molecule has 8 N–H and O–H groups in total. The molecule has 2 amide bonds. The predicted octanol–water partition coefficient (Wildman–Crippen LogP) is 2.29. The smallest absolute Gasteiger partial charge is 0.252 e. The van der Waals surface area contributed by atoms with Gasteiger partial charge in [-0.05, 0) is 112 Å². The number of ether oxygens (including phenoxy) is 2. The van der Waals surface area contributed by atoms with Gasteiger partial charge in [0.2, 0.25) is 0 Å². The number of carbonyl (C=O) groups is 2. The average Bonchev–Trinajstić information content (AvgIpc) is 3.40. The molecule has 0 spiro atoms. The summed E-state index contributed by atoms with van der Waals surface area (Å²) in [5, 5.41) is 67.8. The summed E-state index contributed by atoms with van der Waals surface area (Å²) in [5.74, 6) is -0.399. The zero-order valence-electron chi connectivity index (χ0n) is 30.2. The molecule has 0 aromatic heterocycles. The molecule has 284 valence electrons. The Balaban J connectivity index is 1.21. The maximum absolute atomic E-state index is 13.4. The molecule has 3 saturated carbocycles. The highest BCUT2D eigenvalue weighted by Crippen LogP contribution is 2.70. The van der Waals surface area contributed by atoms with Gasteiger partial charge in [-0.15, -0.1) is 0 Å². The SMILES string of the molecule is C[C@@H]1O[C@@H](O[C@@H]2C=C3CC[C@@H]4[C@H](CC[C@]5(C)[C@@H](c6ccc(C(=O)NCCCO)c(C(=O)NCCCO)c6)CC[C@]45O)[C@@]3(C)CC2)[C@H](O)[C@H](O)[C@H]1O. The lowest BCUT2D eigenvalue weighted by Crippen LogP contribution is -2.60. The van der Waals surface area contributed by atoms with Gasteiger partial charge in [-0.1, -0.05) is 31.6 Å². The molecule has 5 aliphatic rings. The summed E-state index contributed by atoms with van der Waals surface area (Å²) in [7, 11) is 0. The summed E-state index contributed by atoms with van der Waals surface area (Å²) < 4.78 is 11.9. The van der Waals surface area contributed by atoms with Crippen molar-refractivity contribution < 1.29 is 49.7 Å². The number of nitrogens with one attached hydrogen (secondary N) is 2. The fraction of sp³-hybridized carbons (Fsp3) is 0.744. The van der Waals surface area contributed by atoms with E-state index in [9.17, 15) is 35.1 Å². The molecule has 4 fully saturated rings. The van der Waals surface area contributed by atoms with Crippen LogP contribution in [0.25, 0.3) is 0 Å². The van der Waals surface area contributed by atoms with Crippen molar-refractivity contribution in [1.29, 1.82) is 0 Å². The van der Waals surface area contributed by atoms with Crippen molar-refractivity contribution in [2.75, 3.05) is 26.3 Å². The quantitative estimate of drug-likeness (QED) is 0.124. The van der Waals surface area contributed by atoms with Crippen LogP contribution in [0.4, 0.5) is 0 Å². The minimum atomic E-state index is -1.35. The van der Waals surface area contributed by atoms with Crippen LogP contribution in [0, 0.1) is 22.7 Å². The number of benzene rings is 1. The molecule has 1 aliphatic heterocycles. The van der Waals surface area contributed by atoms with E-state index in [2.05, 4.69) is 30.6 Å². The lowest BCUT2D eigenvalue weighted by Gasteiger charge is -2.62. The number of allylic oxidation sites excluding steroid dienone is 1. The maximum atomic E-state index is 13.4. The molecule has 51 heavy (non-hydrogen) atoms. The van der Waals surface area contributed by atoms with Crippen LogP contribution in [0.5, 0.6) is 0 Å². The van der Waals surface area contributed by atoms with E-state index in [0.717, 1.165) is 44.1 Å². The summed E-state index contributed by atoms with van der Waals surface area (Å²) in [6.45, 7) is 6.63. The molecule has 12 heteroatoms. The molecule has 1 aromatic carbocycles. The third kappa shape index (κ3) is 6.80. The Morgan fingerprint density at radius 3 is 2.24 bits per heavy atom. The number of aliphatic hydroxyl groups is 6. The van der Waals surface area contributed by atoms with Gasteiger partial charge in [0.1, 0.15) is 18.3 Å². The molecule has 12 atom stereocenters. The topological polar surface area (TPSA) is 198 Å². The van der Waals surface area contributed by atoms with Crippen molar-refractivity contribution in [3.63, 3.8) is 0 Å². The molecule has 6 rings (SSSR count). The van der Waals surface area contributed by atoms with Crippen molar-refractivity contribution in [1.82, 2.24) is 10.6 Å². The van der Waals surface area contributed by atoms with Gasteiger partial charge >= 0.3 is 0 Å². The summed E-state index contributed by atoms with van der Waals surface area (Å²) in [6, 6.07) is 5.45. The predicted molar refractivity (Wildman–Crippen MR) is 188 cm³/mol. The fourth-order valence-corrected chi connectivity index (χ4v) is 10.5. The number of fused-ring (bicyclic) bond motifs is 5. The second kappa shape index (κ2) is 15.1. The zero-order chi connectivity index (χ0) is 36.7. The van der Waals surface area contributed by atoms with Crippen LogP contribution in [0.3, 0.4) is 0 Å². The molecular weight excluding hydrogens is 656 g/mol. The Bertz CT molecular complexity index is 1470. The van der Waals surface area contributed by atoms with Gasteiger partial charge in [-0.3, -0.25) is 9.59 Å². The molecular formula is C39H58N2O10. The Labute approximate surface area is 300 Å². The second-order valence-electron chi connectivity index (χ2n) is 16.2. The van der Waals surface area contributed by atoms with E-state index < -0.39 is 41.7 Å². The van der Waals surface area contributed by atoms with E-state index in [0.29, 0.717) is 25.7 Å². The summed E-state index contributed by atoms with van der Waals surface area (Å²) in [4.78, 5) is 26.5. The number of carbonyl (C=O) groups excluding carboxylic acids is 2. The molecule has 12 nitrogen and oxygen atoms in total. The van der Waals surface area contributed by atoms with Crippen LogP contribution in [0.1, 0.15) is 117 Å². The van der Waals surface area contributed by atoms with Crippen molar-refractivity contribution in [3.05, 3.63) is 46.5 Å². The average molecular weight is 715 g/mol. The van der Waals surface area contributed by atoms with E-state index in [-0.39, 0.29) is 78.5 Å². The van der Waals surface area contributed by atoms with Crippen LogP contribution in [0.2, 0.25) is 0 Å². The number of rotatable bonds is 11. The lowest BCUT2D eigenvalue weighted by atomic mass is 9.45. The van der Waals surface area contributed by atoms with E-state index in [1.807, 2.05) is 12.1 Å². The highest BCUT2D eigenvalue weighted by molar-refractivity contribution is 6.07. The number of hydrogen-bond acceptors (Lipinski definition) is 10. The second-order valence-corrected chi connectivity index (χ2v) is 16.2. The monoisotopic (exact) mass is 714 g/mol. The van der Waals surface area contributed by atoms with Crippen LogP contribution in [-0.2, 0) is 9.47 Å². The minimum Gasteiger partial charge on any atom is -0.396 e. The Morgan fingerprint density at radius 1 is 0.863 bits per heavy atom. The first-order valence-electron chi connectivity index (χ1n) is 19.0. The van der Waals surface area contributed by atoms with Crippen LogP contribution in [-0.4, -0.2) is 111 Å². The van der Waals surface area contributed by atoms with Crippen LogP contribution >= 0.6 is 0 Å². The normalized spacial score (nSPS) is 40.4. The summed E-state index contributed by atoms with van der Waals surface area (Å²) >= 11 is 0. The van der Waals surface area contributed by atoms with Crippen LogP contribution in [0.15, 0.2) is 29.8 Å². The molecule has 0 unspecified atom stereocenters. The van der Waals surface area contributed by atoms with Gasteiger partial charge in [0.15, 0.2) is 6.29 Å². The first-order chi connectivity index (χ1) is 24.3. The Morgan fingerprint density at radius 2 is 1.55 bits per heavy atom. The molecule has 4 aliphatic carbocycles. The van der Waals surface area contributed by atoms with Gasteiger partial charge in [0.05, 0.1) is 28.9 Å². The zero-order valence-corrected chi connectivity index (χ0v) is 30.2. The number of amides is 2. The number of aliphatic hydroxyl groups excluding tert-OH is 5. The summed E-state index contributed by atoms with van der Waals surface area (Å²) in [6.07, 6.45) is 3.54. The molecule has 1 aromatic rings. The van der Waals surface area contributed by atoms with E-state index in [1.54, 1.807) is 13.0 Å². The van der Waals surface area contributed by atoms with Crippen molar-refractivity contribution >= 4 is 11.8 Å². The summed E-state index contributed by atoms with van der Waals surface area (Å²) in [5.41, 5.74) is 1.32. The lowest BCUT2D eigenvalue weighted by molar-refractivity contribution is -0.301. The minimum absolute atomic E-state index is 0.00833. The van der Waals surface area contributed by atoms with Crippen molar-refractivity contribution in [2.45, 2.75) is 133 Å². The Kier molecular flexibility index (Phi) is 11.4. The van der Waals surface area contributed by atoms with Gasteiger partial charge in [0.25, 0.3) is 11.8 Å². The first-order valence-corrected chi connectivity index (χ1v) is 19.0. The molecule has 0 radical (unpaired) electrons. The van der Waals surface area contributed by atoms with Gasteiger partial charge in [-0.25, -0.2) is 0 Å². The van der Waals surface area contributed by atoms with E-state index in [4.69, 9.17) is 14.6 Å². The largest absolute Gasteiger partial charge is 0.396 e. The van der Waals surface area contributed by atoms with E-state index in [1.165, 1.54) is 5.57 Å². The van der Waals surface area contributed by atoms with Gasteiger partial charge in [-0.2, -0.15) is 0 Å². The number of hydrogen-bond donors (Lipinski definition) is 8. The highest BCUT2D eigenvalue weighted by Gasteiger charge is 2.66. The van der Waals surface area contributed by atoms with Crippen molar-refractivity contribution in [2.24, 2.45) is 22.7 Å². The third-order valence-electron chi connectivity index (χ3n) is 13.6. The molecule has 0 bridgehead atoms. The van der Waals surface area contributed by atoms with Crippen molar-refractivity contribution in [3.8, 4) is 0 Å². The standard InChI is InChI=1S/C39H58N2O10/c1-22-31(44)32(45)33(46)36(50-22)51-25-10-13-37(2)24(21-25)7-9-30-29(37)11-14-38(3)28(12-15-39(30,38)49)23-6-8-26(34(47)40-16-4-18-42)27(20-23)35(48)41-17-5-19-43/h6,8,20-22,25,28-33,36,42-46,49H,4-5,7,9-19H2,1-3H3,(H,40,47)(H,41,48)/t22-,25-,28+,29-,30+,31-,32+,33+,36-,37-,38+,39-/m0/s1. The van der Waals surface area contributed by atoms with E-state index >= 15 is 0 Å². The fourth-order valence-electron chi connectivity index (χ4n) is 10.5. The van der Waals surface area contributed by atoms with Crippen LogP contribution < -0.4 is 10.6 Å². The molecule has 1 heterocycles. The first kappa shape index (κ1) is 38.3. The Hall–Kier alpha value is -2.42. The van der Waals surface area contributed by atoms with Gasteiger partial charge in [0, 0.05) is 31.7 Å². The third-order valence-corrected chi connectivity index (χ3v) is 13.6. The maximum Gasteiger partial charge on any atom is 0.252 e.